The molecular weight excluding hydrogens is 320 g/mol. The van der Waals surface area contributed by atoms with Gasteiger partial charge in [0.25, 0.3) is 0 Å². The number of carbonyl (C=O) groups excluding carboxylic acids is 1. The van der Waals surface area contributed by atoms with E-state index >= 15 is 0 Å². The predicted octanol–water partition coefficient (Wildman–Crippen LogP) is 4.06. The van der Waals surface area contributed by atoms with Crippen molar-refractivity contribution in [3.05, 3.63) is 71.8 Å². The van der Waals surface area contributed by atoms with E-state index in [1.165, 1.54) is 32.4 Å². The molecule has 3 heteroatoms. The maximum Gasteiger partial charge on any atom is 0.232 e. The minimum Gasteiger partial charge on any atom is -0.355 e. The minimum atomic E-state index is -0.250. The zero-order valence-corrected chi connectivity index (χ0v) is 15.7. The largest absolute Gasteiger partial charge is 0.355 e. The van der Waals surface area contributed by atoms with E-state index in [1.807, 2.05) is 60.7 Å². The fourth-order valence-corrected chi connectivity index (χ4v) is 3.81. The van der Waals surface area contributed by atoms with E-state index in [1.54, 1.807) is 0 Å². The van der Waals surface area contributed by atoms with Crippen molar-refractivity contribution in [1.82, 2.24) is 10.2 Å². The standard InChI is InChI=1S/C23H30N2O/c1-19(18-25-15-9-4-10-16-25)17-24-23(26)22(20-11-5-2-6-12-20)21-13-7-3-8-14-21/h2-3,5-8,11-14,19,22H,4,9-10,15-18H2,1H3,(H,24,26). The number of carbonyl (C=O) groups is 1. The second kappa shape index (κ2) is 9.54. The van der Waals surface area contributed by atoms with E-state index < -0.39 is 0 Å². The number of likely N-dealkylation sites (tertiary alicyclic amines) is 1. The molecule has 1 aliphatic rings. The Kier molecular flexibility index (Phi) is 6.84. The van der Waals surface area contributed by atoms with E-state index in [0.717, 1.165) is 24.2 Å². The smallest absolute Gasteiger partial charge is 0.232 e. The Morgan fingerprint density at radius 3 is 2.00 bits per heavy atom. The summed E-state index contributed by atoms with van der Waals surface area (Å²) in [6.07, 6.45) is 3.98. The van der Waals surface area contributed by atoms with Gasteiger partial charge in [0.1, 0.15) is 0 Å². The Morgan fingerprint density at radius 2 is 1.46 bits per heavy atom. The van der Waals surface area contributed by atoms with Crippen molar-refractivity contribution in [1.29, 1.82) is 0 Å². The van der Waals surface area contributed by atoms with Crippen molar-refractivity contribution in [3.63, 3.8) is 0 Å². The summed E-state index contributed by atoms with van der Waals surface area (Å²) in [7, 11) is 0. The van der Waals surface area contributed by atoms with Crippen molar-refractivity contribution >= 4 is 5.91 Å². The summed E-state index contributed by atoms with van der Waals surface area (Å²) in [5, 5.41) is 3.20. The Labute approximate surface area is 157 Å². The summed E-state index contributed by atoms with van der Waals surface area (Å²) >= 11 is 0. The van der Waals surface area contributed by atoms with Crippen LogP contribution in [0.3, 0.4) is 0 Å². The van der Waals surface area contributed by atoms with Gasteiger partial charge in [-0.25, -0.2) is 0 Å². The molecular formula is C23H30N2O. The molecule has 1 heterocycles. The van der Waals surface area contributed by atoms with Crippen LogP contribution in [0, 0.1) is 5.92 Å². The van der Waals surface area contributed by atoms with E-state index in [9.17, 15) is 4.79 Å². The van der Waals surface area contributed by atoms with Crippen molar-refractivity contribution < 1.29 is 4.79 Å². The number of hydrogen-bond acceptors (Lipinski definition) is 2. The van der Waals surface area contributed by atoms with Crippen LogP contribution < -0.4 is 5.32 Å². The first kappa shape index (κ1) is 18.7. The van der Waals surface area contributed by atoms with E-state index in [-0.39, 0.29) is 11.8 Å². The number of nitrogens with zero attached hydrogens (tertiary/aromatic N) is 1. The zero-order valence-electron chi connectivity index (χ0n) is 15.7. The average molecular weight is 351 g/mol. The molecule has 1 saturated heterocycles. The molecule has 2 aromatic carbocycles. The summed E-state index contributed by atoms with van der Waals surface area (Å²) in [5.41, 5.74) is 2.08. The second-order valence-electron chi connectivity index (χ2n) is 7.47. The second-order valence-corrected chi connectivity index (χ2v) is 7.47. The number of rotatable bonds is 7. The van der Waals surface area contributed by atoms with Crippen molar-refractivity contribution in [3.8, 4) is 0 Å². The van der Waals surface area contributed by atoms with E-state index in [2.05, 4.69) is 17.1 Å². The highest BCUT2D eigenvalue weighted by molar-refractivity contribution is 5.87. The molecule has 0 spiro atoms. The third kappa shape index (κ3) is 5.18. The number of piperidine rings is 1. The first-order valence-corrected chi connectivity index (χ1v) is 9.84. The van der Waals surface area contributed by atoms with Gasteiger partial charge >= 0.3 is 0 Å². The summed E-state index contributed by atoms with van der Waals surface area (Å²) in [5.74, 6) is 0.303. The summed E-state index contributed by atoms with van der Waals surface area (Å²) < 4.78 is 0. The van der Waals surface area contributed by atoms with E-state index in [4.69, 9.17) is 0 Å². The molecule has 3 nitrogen and oxygen atoms in total. The Morgan fingerprint density at radius 1 is 0.923 bits per heavy atom. The van der Waals surface area contributed by atoms with Crippen molar-refractivity contribution in [2.45, 2.75) is 32.1 Å². The SMILES string of the molecule is CC(CNC(=O)C(c1ccccc1)c1ccccc1)CN1CCCCC1. The molecule has 3 rings (SSSR count). The molecule has 1 atom stereocenters. The maximum absolute atomic E-state index is 13.0. The lowest BCUT2D eigenvalue weighted by Gasteiger charge is -2.29. The van der Waals surface area contributed by atoms with Crippen LogP contribution in [0.2, 0.25) is 0 Å². The van der Waals surface area contributed by atoms with Crippen LogP contribution in [-0.4, -0.2) is 37.0 Å². The van der Waals surface area contributed by atoms with Gasteiger partial charge in [-0.2, -0.15) is 0 Å². The van der Waals surface area contributed by atoms with Gasteiger partial charge in [0.2, 0.25) is 5.91 Å². The van der Waals surface area contributed by atoms with Gasteiger partial charge in [0, 0.05) is 13.1 Å². The number of amides is 1. The van der Waals surface area contributed by atoms with Crippen LogP contribution in [0.25, 0.3) is 0 Å². The number of benzene rings is 2. The van der Waals surface area contributed by atoms with Gasteiger partial charge in [-0.1, -0.05) is 74.0 Å². The monoisotopic (exact) mass is 350 g/mol. The third-order valence-corrected chi connectivity index (χ3v) is 5.17. The summed E-state index contributed by atoms with van der Waals surface area (Å²) in [6, 6.07) is 20.1. The molecule has 26 heavy (non-hydrogen) atoms. The predicted molar refractivity (Wildman–Crippen MR) is 107 cm³/mol. The normalized spacial score (nSPS) is 16.4. The molecule has 1 N–H and O–H groups in total. The van der Waals surface area contributed by atoms with Gasteiger partial charge in [-0.05, 0) is 43.0 Å². The number of nitrogens with one attached hydrogen (secondary N) is 1. The first-order chi connectivity index (χ1) is 12.7. The zero-order chi connectivity index (χ0) is 18.2. The molecule has 0 bridgehead atoms. The molecule has 1 unspecified atom stereocenters. The Balaban J connectivity index is 1.62. The molecule has 0 saturated carbocycles. The molecule has 0 radical (unpaired) electrons. The van der Waals surface area contributed by atoms with Crippen LogP contribution >= 0.6 is 0 Å². The lowest BCUT2D eigenvalue weighted by Crippen LogP contribution is -2.39. The minimum absolute atomic E-state index is 0.0906. The highest BCUT2D eigenvalue weighted by atomic mass is 16.1. The van der Waals surface area contributed by atoms with Crippen LogP contribution in [-0.2, 0) is 4.79 Å². The van der Waals surface area contributed by atoms with E-state index in [0.29, 0.717) is 5.92 Å². The average Bonchev–Trinajstić information content (AvgIpc) is 2.69. The number of hydrogen-bond donors (Lipinski definition) is 1. The topological polar surface area (TPSA) is 32.3 Å². The quantitative estimate of drug-likeness (QED) is 0.817. The Bertz CT molecular complexity index is 626. The van der Waals surface area contributed by atoms with Crippen molar-refractivity contribution in [2.75, 3.05) is 26.2 Å². The summed E-state index contributed by atoms with van der Waals surface area (Å²) in [6.45, 7) is 6.44. The molecule has 1 aliphatic heterocycles. The molecule has 0 aromatic heterocycles. The molecule has 0 aliphatic carbocycles. The molecule has 1 fully saturated rings. The maximum atomic E-state index is 13.0. The fraction of sp³-hybridized carbons (Fsp3) is 0.435. The highest BCUT2D eigenvalue weighted by Gasteiger charge is 2.23. The van der Waals surface area contributed by atoms with Crippen LogP contribution in [0.5, 0.6) is 0 Å². The van der Waals surface area contributed by atoms with Gasteiger partial charge in [0.15, 0.2) is 0 Å². The lowest BCUT2D eigenvalue weighted by atomic mass is 9.90. The first-order valence-electron chi connectivity index (χ1n) is 9.84. The molecule has 1 amide bonds. The molecule has 2 aromatic rings. The van der Waals surface area contributed by atoms with Gasteiger partial charge in [-0.15, -0.1) is 0 Å². The summed E-state index contributed by atoms with van der Waals surface area (Å²) in [4.78, 5) is 15.5. The van der Waals surface area contributed by atoms with Crippen molar-refractivity contribution in [2.24, 2.45) is 5.92 Å². The fourth-order valence-electron chi connectivity index (χ4n) is 3.81. The van der Waals surface area contributed by atoms with Crippen LogP contribution in [0.15, 0.2) is 60.7 Å². The van der Waals surface area contributed by atoms with Gasteiger partial charge in [-0.3, -0.25) is 4.79 Å². The van der Waals surface area contributed by atoms with Gasteiger partial charge < -0.3 is 10.2 Å². The van der Waals surface area contributed by atoms with Crippen LogP contribution in [0.4, 0.5) is 0 Å². The van der Waals surface area contributed by atoms with Gasteiger partial charge in [0.05, 0.1) is 5.92 Å². The third-order valence-electron chi connectivity index (χ3n) is 5.17. The molecule has 138 valence electrons. The Hall–Kier alpha value is -2.13. The highest BCUT2D eigenvalue weighted by Crippen LogP contribution is 2.24. The lowest BCUT2D eigenvalue weighted by molar-refractivity contribution is -0.121. The van der Waals surface area contributed by atoms with Crippen LogP contribution in [0.1, 0.15) is 43.2 Å².